The van der Waals surface area contributed by atoms with Crippen LogP contribution in [-0.2, 0) is 10.0 Å². The first kappa shape index (κ1) is 17.0. The summed E-state index contributed by atoms with van der Waals surface area (Å²) in [4.78, 5) is 12.1. The number of nitrogens with zero attached hydrogens (tertiary/aromatic N) is 3. The van der Waals surface area contributed by atoms with Gasteiger partial charge in [0.25, 0.3) is 5.91 Å². The van der Waals surface area contributed by atoms with Crippen LogP contribution in [0.3, 0.4) is 0 Å². The van der Waals surface area contributed by atoms with Gasteiger partial charge in [0.2, 0.25) is 10.0 Å². The summed E-state index contributed by atoms with van der Waals surface area (Å²) < 4.78 is 26.1. The van der Waals surface area contributed by atoms with Gasteiger partial charge >= 0.3 is 0 Å². The van der Waals surface area contributed by atoms with Gasteiger partial charge in [-0.15, -0.1) is 0 Å². The van der Waals surface area contributed by atoms with E-state index in [9.17, 15) is 13.2 Å². The minimum absolute atomic E-state index is 0.176. The zero-order valence-corrected chi connectivity index (χ0v) is 14.1. The summed E-state index contributed by atoms with van der Waals surface area (Å²) in [5.74, 6) is 0.138. The fourth-order valence-electron chi connectivity index (χ4n) is 2.52. The molecule has 2 rings (SSSR count). The molecule has 0 aromatic carbocycles. The summed E-state index contributed by atoms with van der Waals surface area (Å²) in [6.45, 7) is 5.63. The third-order valence-corrected chi connectivity index (χ3v) is 5.27. The van der Waals surface area contributed by atoms with Gasteiger partial charge in [0.1, 0.15) is 5.69 Å². The van der Waals surface area contributed by atoms with E-state index < -0.39 is 10.0 Å². The highest BCUT2D eigenvalue weighted by atomic mass is 32.2. The molecule has 8 heteroatoms. The summed E-state index contributed by atoms with van der Waals surface area (Å²) in [5.41, 5.74) is 0.419. The van der Waals surface area contributed by atoms with E-state index in [-0.39, 0.29) is 11.9 Å². The summed E-state index contributed by atoms with van der Waals surface area (Å²) in [6, 6.07) is 1.93. The molecular formula is C14H24N4O3S. The molecule has 1 aliphatic rings. The lowest BCUT2D eigenvalue weighted by molar-refractivity contribution is 0.0935. The van der Waals surface area contributed by atoms with Crippen LogP contribution < -0.4 is 5.32 Å². The Morgan fingerprint density at radius 2 is 2.05 bits per heavy atom. The lowest BCUT2D eigenvalue weighted by Gasteiger charge is -2.30. The lowest BCUT2D eigenvalue weighted by Crippen LogP contribution is -2.41. The molecule has 0 bridgehead atoms. The highest BCUT2D eigenvalue weighted by Crippen LogP contribution is 2.18. The third-order valence-electron chi connectivity index (χ3n) is 3.96. The van der Waals surface area contributed by atoms with E-state index in [4.69, 9.17) is 0 Å². The smallest absolute Gasteiger partial charge is 0.271 e. The second kappa shape index (κ2) is 6.78. The molecule has 2 heterocycles. The Kier molecular flexibility index (Phi) is 5.23. The number of rotatable bonds is 5. The fraction of sp³-hybridized carbons (Fsp3) is 0.714. The summed E-state index contributed by atoms with van der Waals surface area (Å²) in [5, 5.41) is 7.13. The van der Waals surface area contributed by atoms with Gasteiger partial charge in [-0.25, -0.2) is 12.7 Å². The van der Waals surface area contributed by atoms with Gasteiger partial charge in [0.05, 0.1) is 6.26 Å². The van der Waals surface area contributed by atoms with Gasteiger partial charge in [-0.1, -0.05) is 0 Å². The molecule has 0 spiro atoms. The molecule has 1 aromatic rings. The highest BCUT2D eigenvalue weighted by molar-refractivity contribution is 7.88. The predicted octanol–water partition coefficient (Wildman–Crippen LogP) is 0.865. The normalized spacial score (nSPS) is 17.8. The predicted molar refractivity (Wildman–Crippen MR) is 84.1 cm³/mol. The number of carbonyl (C=O) groups excluding carboxylic acids is 1. The first-order chi connectivity index (χ1) is 10.3. The maximum absolute atomic E-state index is 12.1. The number of carbonyl (C=O) groups is 1. The van der Waals surface area contributed by atoms with Crippen molar-refractivity contribution in [3.63, 3.8) is 0 Å². The molecule has 0 radical (unpaired) electrons. The molecule has 1 aliphatic heterocycles. The molecular weight excluding hydrogens is 304 g/mol. The number of aromatic nitrogens is 2. The van der Waals surface area contributed by atoms with Crippen LogP contribution in [0.15, 0.2) is 12.3 Å². The minimum Gasteiger partial charge on any atom is -0.350 e. The Hall–Kier alpha value is -1.41. The van der Waals surface area contributed by atoms with Crippen molar-refractivity contribution in [1.82, 2.24) is 19.4 Å². The van der Waals surface area contributed by atoms with Gasteiger partial charge in [-0.2, -0.15) is 5.10 Å². The van der Waals surface area contributed by atoms with Crippen molar-refractivity contribution < 1.29 is 13.2 Å². The fourth-order valence-corrected chi connectivity index (χ4v) is 3.39. The van der Waals surface area contributed by atoms with Crippen LogP contribution in [0.25, 0.3) is 0 Å². The van der Waals surface area contributed by atoms with Crippen molar-refractivity contribution in [2.24, 2.45) is 5.92 Å². The van der Waals surface area contributed by atoms with Crippen LogP contribution in [0.4, 0.5) is 0 Å². The largest absolute Gasteiger partial charge is 0.350 e. The molecule has 0 saturated carbocycles. The van der Waals surface area contributed by atoms with Crippen molar-refractivity contribution in [3.8, 4) is 0 Å². The van der Waals surface area contributed by atoms with Crippen molar-refractivity contribution in [3.05, 3.63) is 18.0 Å². The molecule has 1 N–H and O–H groups in total. The lowest BCUT2D eigenvalue weighted by atomic mass is 9.98. The van der Waals surface area contributed by atoms with Crippen LogP contribution in [0.1, 0.15) is 43.2 Å². The Morgan fingerprint density at radius 3 is 2.55 bits per heavy atom. The number of sulfonamides is 1. The number of amides is 1. The van der Waals surface area contributed by atoms with Crippen molar-refractivity contribution in [2.75, 3.05) is 25.9 Å². The van der Waals surface area contributed by atoms with E-state index in [0.717, 1.165) is 12.8 Å². The second-order valence-corrected chi connectivity index (χ2v) is 8.07. The molecule has 1 amide bonds. The number of piperidine rings is 1. The Morgan fingerprint density at radius 1 is 1.41 bits per heavy atom. The molecule has 22 heavy (non-hydrogen) atoms. The van der Waals surface area contributed by atoms with Crippen LogP contribution in [0, 0.1) is 5.92 Å². The highest BCUT2D eigenvalue weighted by Gasteiger charge is 2.25. The van der Waals surface area contributed by atoms with Crippen LogP contribution in [0.2, 0.25) is 0 Å². The van der Waals surface area contributed by atoms with Crippen molar-refractivity contribution >= 4 is 15.9 Å². The van der Waals surface area contributed by atoms with Gasteiger partial charge in [-0.05, 0) is 38.7 Å². The third kappa shape index (κ3) is 4.30. The molecule has 0 aliphatic carbocycles. The Balaban J connectivity index is 1.80. The molecule has 0 unspecified atom stereocenters. The molecule has 1 aromatic heterocycles. The van der Waals surface area contributed by atoms with Crippen LogP contribution in [0.5, 0.6) is 0 Å². The van der Waals surface area contributed by atoms with Crippen molar-refractivity contribution in [1.29, 1.82) is 0 Å². The monoisotopic (exact) mass is 328 g/mol. The average Bonchev–Trinajstić information content (AvgIpc) is 2.94. The SMILES string of the molecule is CC(C)n1ccc(C(=O)NCC2CCN(S(C)(=O)=O)CC2)n1. The van der Waals surface area contributed by atoms with Gasteiger partial charge in [0, 0.05) is 31.9 Å². The van der Waals surface area contributed by atoms with E-state index in [1.165, 1.54) is 10.6 Å². The first-order valence-corrected chi connectivity index (χ1v) is 9.40. The topological polar surface area (TPSA) is 84.3 Å². The maximum Gasteiger partial charge on any atom is 0.271 e. The van der Waals surface area contributed by atoms with Crippen LogP contribution in [-0.4, -0.2) is 54.3 Å². The van der Waals surface area contributed by atoms with E-state index in [0.29, 0.717) is 31.2 Å². The zero-order chi connectivity index (χ0) is 16.3. The maximum atomic E-state index is 12.1. The molecule has 1 fully saturated rings. The molecule has 7 nitrogen and oxygen atoms in total. The Labute approximate surface area is 131 Å². The standard InChI is InChI=1S/C14H24N4O3S/c1-11(2)18-9-6-13(16-18)14(19)15-10-12-4-7-17(8-5-12)22(3,20)21/h6,9,11-12H,4-5,7-8,10H2,1-3H3,(H,15,19). The van der Waals surface area contributed by atoms with E-state index >= 15 is 0 Å². The number of hydrogen-bond acceptors (Lipinski definition) is 4. The zero-order valence-electron chi connectivity index (χ0n) is 13.3. The van der Waals surface area contributed by atoms with E-state index in [1.807, 2.05) is 13.8 Å². The quantitative estimate of drug-likeness (QED) is 0.869. The Bertz CT molecular complexity index is 616. The molecule has 0 atom stereocenters. The van der Waals surface area contributed by atoms with Crippen molar-refractivity contribution in [2.45, 2.75) is 32.7 Å². The van der Waals surface area contributed by atoms with E-state index in [1.54, 1.807) is 16.9 Å². The number of hydrogen-bond donors (Lipinski definition) is 1. The number of nitrogens with one attached hydrogen (secondary N) is 1. The first-order valence-electron chi connectivity index (χ1n) is 7.56. The molecule has 124 valence electrons. The van der Waals surface area contributed by atoms with Gasteiger partial charge < -0.3 is 5.32 Å². The van der Waals surface area contributed by atoms with Gasteiger partial charge in [-0.3, -0.25) is 9.48 Å². The summed E-state index contributed by atoms with van der Waals surface area (Å²) >= 11 is 0. The molecule has 1 saturated heterocycles. The van der Waals surface area contributed by atoms with Crippen LogP contribution >= 0.6 is 0 Å². The minimum atomic E-state index is -3.10. The van der Waals surface area contributed by atoms with E-state index in [2.05, 4.69) is 10.4 Å². The summed E-state index contributed by atoms with van der Waals surface area (Å²) in [6.07, 6.45) is 4.58. The van der Waals surface area contributed by atoms with Gasteiger partial charge in [0.15, 0.2) is 0 Å². The summed E-state index contributed by atoms with van der Waals surface area (Å²) in [7, 11) is -3.10. The second-order valence-electron chi connectivity index (χ2n) is 6.09. The average molecular weight is 328 g/mol.